The van der Waals surface area contributed by atoms with Gasteiger partial charge in [-0.15, -0.1) is 0 Å². The molecular formula is C26H27N3O4. The van der Waals surface area contributed by atoms with Crippen molar-refractivity contribution in [2.75, 3.05) is 12.4 Å². The maximum Gasteiger partial charge on any atom is 0.249 e. The molecule has 0 fully saturated rings. The van der Waals surface area contributed by atoms with Gasteiger partial charge in [0.2, 0.25) is 11.8 Å². The fourth-order valence-corrected chi connectivity index (χ4v) is 3.05. The average molecular weight is 446 g/mol. The molecular weight excluding hydrogens is 418 g/mol. The topological polar surface area (TPSA) is 89.0 Å². The predicted octanol–water partition coefficient (Wildman–Crippen LogP) is 4.37. The van der Waals surface area contributed by atoms with Gasteiger partial charge in [-0.1, -0.05) is 29.8 Å². The number of aryl methyl sites for hydroxylation is 2. The second-order valence-electron chi connectivity index (χ2n) is 7.54. The summed E-state index contributed by atoms with van der Waals surface area (Å²) in [6.07, 6.45) is 1.19. The van der Waals surface area contributed by atoms with Crippen LogP contribution in [0.4, 0.5) is 5.69 Å². The largest absolute Gasteiger partial charge is 0.497 e. The maximum absolute atomic E-state index is 12.1. The number of rotatable bonds is 9. The summed E-state index contributed by atoms with van der Waals surface area (Å²) in [5.41, 5.74) is 6.93. The molecule has 0 unspecified atom stereocenters. The number of nitrogens with one attached hydrogen (secondary N) is 2. The second kappa shape index (κ2) is 11.5. The van der Waals surface area contributed by atoms with E-state index in [1.165, 1.54) is 6.21 Å². The Morgan fingerprint density at radius 1 is 0.909 bits per heavy atom. The Hall–Kier alpha value is -4.13. The first-order valence-corrected chi connectivity index (χ1v) is 10.5. The van der Waals surface area contributed by atoms with Crippen LogP contribution in [0.3, 0.4) is 0 Å². The fourth-order valence-electron chi connectivity index (χ4n) is 3.05. The molecule has 0 spiro atoms. The van der Waals surface area contributed by atoms with Crippen LogP contribution in [0, 0.1) is 13.8 Å². The van der Waals surface area contributed by atoms with Crippen molar-refractivity contribution in [2.45, 2.75) is 26.9 Å². The van der Waals surface area contributed by atoms with E-state index in [1.807, 2.05) is 80.6 Å². The van der Waals surface area contributed by atoms with E-state index in [0.29, 0.717) is 12.3 Å². The molecule has 0 aliphatic heterocycles. The highest BCUT2D eigenvalue weighted by molar-refractivity contribution is 6.04. The van der Waals surface area contributed by atoms with Crippen LogP contribution >= 0.6 is 0 Å². The summed E-state index contributed by atoms with van der Waals surface area (Å²) in [4.78, 5) is 24.1. The lowest BCUT2D eigenvalue weighted by Crippen LogP contribution is -2.24. The number of anilines is 1. The van der Waals surface area contributed by atoms with E-state index < -0.39 is 11.8 Å². The molecule has 7 heteroatoms. The van der Waals surface area contributed by atoms with Crippen LogP contribution < -0.4 is 20.2 Å². The molecule has 0 radical (unpaired) electrons. The van der Waals surface area contributed by atoms with Crippen LogP contribution in [-0.2, 0) is 16.2 Å². The molecule has 170 valence electrons. The summed E-state index contributed by atoms with van der Waals surface area (Å²) in [7, 11) is 1.63. The Kier molecular flexibility index (Phi) is 8.18. The van der Waals surface area contributed by atoms with Gasteiger partial charge in [-0.25, -0.2) is 5.43 Å². The number of hydrogen-bond acceptors (Lipinski definition) is 5. The smallest absolute Gasteiger partial charge is 0.249 e. The van der Waals surface area contributed by atoms with Gasteiger partial charge in [0.1, 0.15) is 24.5 Å². The van der Waals surface area contributed by atoms with Gasteiger partial charge in [-0.2, -0.15) is 5.10 Å². The number of benzene rings is 3. The fraction of sp³-hybridized carbons (Fsp3) is 0.192. The number of ether oxygens (including phenoxy) is 2. The molecule has 33 heavy (non-hydrogen) atoms. The van der Waals surface area contributed by atoms with Crippen LogP contribution in [0.25, 0.3) is 0 Å². The first-order valence-electron chi connectivity index (χ1n) is 10.5. The van der Waals surface area contributed by atoms with Crippen molar-refractivity contribution in [3.05, 3.63) is 89.0 Å². The summed E-state index contributed by atoms with van der Waals surface area (Å²) in [6.45, 7) is 4.33. The van der Waals surface area contributed by atoms with Crippen molar-refractivity contribution in [2.24, 2.45) is 5.10 Å². The summed E-state index contributed by atoms with van der Waals surface area (Å²) in [5, 5.41) is 6.65. The van der Waals surface area contributed by atoms with Gasteiger partial charge in [0.15, 0.2) is 0 Å². The third kappa shape index (κ3) is 7.50. The number of nitrogens with zero attached hydrogens (tertiary/aromatic N) is 1. The third-order valence-electron chi connectivity index (χ3n) is 4.82. The van der Waals surface area contributed by atoms with Crippen LogP contribution in [0.2, 0.25) is 0 Å². The van der Waals surface area contributed by atoms with Gasteiger partial charge in [0.05, 0.1) is 13.3 Å². The normalized spacial score (nSPS) is 10.6. The molecule has 2 N–H and O–H groups in total. The van der Waals surface area contributed by atoms with Gasteiger partial charge in [0, 0.05) is 5.69 Å². The highest BCUT2D eigenvalue weighted by atomic mass is 16.5. The Balaban J connectivity index is 1.42. The summed E-state index contributed by atoms with van der Waals surface area (Å²) < 4.78 is 10.9. The third-order valence-corrected chi connectivity index (χ3v) is 4.82. The second-order valence-corrected chi connectivity index (χ2v) is 7.54. The predicted molar refractivity (Wildman–Crippen MR) is 129 cm³/mol. The maximum atomic E-state index is 12.1. The summed E-state index contributed by atoms with van der Waals surface area (Å²) in [6, 6.07) is 20.7. The van der Waals surface area contributed by atoms with Crippen molar-refractivity contribution >= 4 is 23.7 Å². The lowest BCUT2D eigenvalue weighted by Gasteiger charge is -2.08. The minimum absolute atomic E-state index is 0.317. The Bertz CT molecular complexity index is 1120. The highest BCUT2D eigenvalue weighted by Gasteiger charge is 2.10. The lowest BCUT2D eigenvalue weighted by molar-refractivity contribution is -0.126. The van der Waals surface area contributed by atoms with Gasteiger partial charge in [-0.05, 0) is 73.0 Å². The molecule has 3 rings (SSSR count). The first kappa shape index (κ1) is 23.5. The molecule has 0 aromatic heterocycles. The van der Waals surface area contributed by atoms with E-state index in [0.717, 1.165) is 33.8 Å². The Morgan fingerprint density at radius 3 is 2.27 bits per heavy atom. The van der Waals surface area contributed by atoms with E-state index in [9.17, 15) is 9.59 Å². The Labute approximate surface area is 193 Å². The molecule has 0 aliphatic rings. The zero-order chi connectivity index (χ0) is 23.6. The standard InChI is InChI=1S/C26H27N3O4/c1-18-4-13-24(19(2)14-18)28-25(30)15-26(31)29-27-16-20-5-11-23(12-6-20)33-17-21-7-9-22(32-3)10-8-21/h4-14,16H,15,17H2,1-3H3,(H,28,30)(H,29,31). The number of carbonyl (C=O) groups excluding carboxylic acids is 2. The molecule has 3 aromatic carbocycles. The van der Waals surface area contributed by atoms with Crippen molar-refractivity contribution < 1.29 is 19.1 Å². The number of methoxy groups -OCH3 is 1. The SMILES string of the molecule is COc1ccc(COc2ccc(C=NNC(=O)CC(=O)Nc3ccc(C)cc3C)cc2)cc1. The quantitative estimate of drug-likeness (QED) is 0.291. The highest BCUT2D eigenvalue weighted by Crippen LogP contribution is 2.17. The van der Waals surface area contributed by atoms with Gasteiger partial charge in [0.25, 0.3) is 0 Å². The van der Waals surface area contributed by atoms with Crippen molar-refractivity contribution in [1.82, 2.24) is 5.43 Å². The molecule has 0 atom stereocenters. The van der Waals surface area contributed by atoms with Crippen LogP contribution in [-0.4, -0.2) is 25.1 Å². The monoisotopic (exact) mass is 445 g/mol. The van der Waals surface area contributed by atoms with E-state index in [-0.39, 0.29) is 6.42 Å². The number of carbonyl (C=O) groups is 2. The van der Waals surface area contributed by atoms with Gasteiger partial charge in [-0.3, -0.25) is 9.59 Å². The minimum atomic E-state index is -0.493. The molecule has 0 saturated carbocycles. The zero-order valence-electron chi connectivity index (χ0n) is 18.9. The van der Waals surface area contributed by atoms with E-state index >= 15 is 0 Å². The molecule has 0 saturated heterocycles. The van der Waals surface area contributed by atoms with Crippen LogP contribution in [0.15, 0.2) is 71.8 Å². The molecule has 2 amide bonds. The lowest BCUT2D eigenvalue weighted by atomic mass is 10.1. The summed E-state index contributed by atoms with van der Waals surface area (Å²) >= 11 is 0. The van der Waals surface area contributed by atoms with Gasteiger partial charge < -0.3 is 14.8 Å². The van der Waals surface area contributed by atoms with Gasteiger partial charge >= 0.3 is 0 Å². The number of hydrogen-bond donors (Lipinski definition) is 2. The van der Waals surface area contributed by atoms with E-state index in [2.05, 4.69) is 15.8 Å². The average Bonchev–Trinajstić information content (AvgIpc) is 2.80. The molecule has 0 aliphatic carbocycles. The molecule has 3 aromatic rings. The zero-order valence-corrected chi connectivity index (χ0v) is 18.9. The molecule has 0 heterocycles. The van der Waals surface area contributed by atoms with E-state index in [4.69, 9.17) is 9.47 Å². The summed E-state index contributed by atoms with van der Waals surface area (Å²) in [5.74, 6) is 0.632. The number of hydrazone groups is 1. The molecule has 7 nitrogen and oxygen atoms in total. The van der Waals surface area contributed by atoms with Crippen molar-refractivity contribution in [3.63, 3.8) is 0 Å². The minimum Gasteiger partial charge on any atom is -0.497 e. The number of amides is 2. The van der Waals surface area contributed by atoms with Crippen LogP contribution in [0.5, 0.6) is 11.5 Å². The van der Waals surface area contributed by atoms with Crippen molar-refractivity contribution in [1.29, 1.82) is 0 Å². The van der Waals surface area contributed by atoms with Crippen molar-refractivity contribution in [3.8, 4) is 11.5 Å². The Morgan fingerprint density at radius 2 is 1.61 bits per heavy atom. The van der Waals surface area contributed by atoms with Crippen LogP contribution in [0.1, 0.15) is 28.7 Å². The molecule has 0 bridgehead atoms. The van der Waals surface area contributed by atoms with E-state index in [1.54, 1.807) is 7.11 Å². The first-order chi connectivity index (χ1) is 15.9.